The van der Waals surface area contributed by atoms with Gasteiger partial charge in [0.05, 0.1) is 11.0 Å². The average Bonchev–Trinajstić information content (AvgIpc) is 1.97. The van der Waals surface area contributed by atoms with Gasteiger partial charge in [-0.2, -0.15) is 0 Å². The highest BCUT2D eigenvalue weighted by molar-refractivity contribution is 14.1. The van der Waals surface area contributed by atoms with Gasteiger partial charge in [-0.15, -0.1) is 0 Å². The summed E-state index contributed by atoms with van der Waals surface area (Å²) in [5.41, 5.74) is 0. The fourth-order valence-corrected chi connectivity index (χ4v) is 0.668. The van der Waals surface area contributed by atoms with Crippen molar-refractivity contribution in [1.82, 2.24) is 0 Å². The number of alkyl halides is 1. The number of aliphatic carboxylic acids is 1. The topological polar surface area (TPSA) is 63.6 Å². The molecule has 1 N–H and O–H groups in total. The summed E-state index contributed by atoms with van der Waals surface area (Å²) in [6, 6.07) is 0. The van der Waals surface area contributed by atoms with Crippen molar-refractivity contribution >= 4 is 34.5 Å². The predicted molar refractivity (Wildman–Crippen MR) is 46.7 cm³/mol. The van der Waals surface area contributed by atoms with Crippen LogP contribution in [0.25, 0.3) is 0 Å². The summed E-state index contributed by atoms with van der Waals surface area (Å²) in [6.07, 6.45) is 0.437. The molecule has 0 saturated heterocycles. The minimum Gasteiger partial charge on any atom is -0.481 e. The molecule has 0 saturated carbocycles. The van der Waals surface area contributed by atoms with Gasteiger partial charge in [0, 0.05) is 6.42 Å². The number of carbonyl (C=O) groups is 2. The summed E-state index contributed by atoms with van der Waals surface area (Å²) in [5, 5.41) is 8.19. The van der Waals surface area contributed by atoms with Gasteiger partial charge in [-0.3, -0.25) is 9.59 Å². The van der Waals surface area contributed by atoms with Crippen molar-refractivity contribution in [1.29, 1.82) is 0 Å². The second-order valence-corrected chi connectivity index (χ2v) is 2.61. The molecule has 0 heterocycles. The second-order valence-electron chi connectivity index (χ2n) is 1.85. The zero-order valence-corrected chi connectivity index (χ0v) is 8.04. The molecule has 0 aliphatic rings. The molecule has 0 aliphatic heterocycles. The second kappa shape index (κ2) is 6.38. The van der Waals surface area contributed by atoms with Gasteiger partial charge < -0.3 is 9.84 Å². The van der Waals surface area contributed by atoms with E-state index in [9.17, 15) is 9.59 Å². The number of carboxylic acids is 1. The van der Waals surface area contributed by atoms with Crippen LogP contribution in [0.2, 0.25) is 0 Å². The van der Waals surface area contributed by atoms with Crippen LogP contribution in [0.3, 0.4) is 0 Å². The van der Waals surface area contributed by atoms with E-state index in [4.69, 9.17) is 5.11 Å². The van der Waals surface area contributed by atoms with Crippen molar-refractivity contribution in [3.63, 3.8) is 0 Å². The molecule has 0 aromatic rings. The van der Waals surface area contributed by atoms with Crippen LogP contribution in [0, 0.1) is 0 Å². The molecule has 4 nitrogen and oxygen atoms in total. The minimum atomic E-state index is -0.865. The number of ether oxygens (including phenoxy) is 1. The molecule has 0 fully saturated rings. The molecule has 64 valence electrons. The van der Waals surface area contributed by atoms with Crippen molar-refractivity contribution in [3.8, 4) is 0 Å². The number of carboxylic acid groups (broad SMARTS) is 1. The van der Waals surface area contributed by atoms with Crippen molar-refractivity contribution in [2.45, 2.75) is 12.8 Å². The van der Waals surface area contributed by atoms with Gasteiger partial charge in [0.25, 0.3) is 0 Å². The third-order valence-electron chi connectivity index (χ3n) is 0.907. The Hall–Kier alpha value is -0.330. The lowest BCUT2D eigenvalue weighted by molar-refractivity contribution is -0.142. The fourth-order valence-electron chi connectivity index (χ4n) is 0.448. The van der Waals surface area contributed by atoms with Gasteiger partial charge in [-0.25, -0.2) is 0 Å². The Morgan fingerprint density at radius 1 is 1.45 bits per heavy atom. The van der Waals surface area contributed by atoms with Crippen LogP contribution in [0.4, 0.5) is 0 Å². The highest BCUT2D eigenvalue weighted by Gasteiger charge is 2.00. The number of rotatable bonds is 5. The molecule has 0 aromatic heterocycles. The van der Waals surface area contributed by atoms with Crippen LogP contribution in [-0.2, 0) is 14.3 Å². The fraction of sp³-hybridized carbons (Fsp3) is 0.667. The lowest BCUT2D eigenvalue weighted by Gasteiger charge is -1.99. The molecule has 0 spiro atoms. The van der Waals surface area contributed by atoms with E-state index in [1.165, 1.54) is 0 Å². The smallest absolute Gasteiger partial charge is 0.315 e. The number of esters is 1. The van der Waals surface area contributed by atoms with Crippen molar-refractivity contribution < 1.29 is 19.4 Å². The standard InChI is InChI=1S/C6H9IO4/c7-4-6(10)11-3-1-2-5(8)9/h1-4H2,(H,8,9). The Morgan fingerprint density at radius 2 is 2.09 bits per heavy atom. The Bertz CT molecular complexity index is 146. The normalized spacial score (nSPS) is 9.18. The summed E-state index contributed by atoms with van der Waals surface area (Å²) in [7, 11) is 0. The lowest BCUT2D eigenvalue weighted by atomic mass is 10.3. The van der Waals surface area contributed by atoms with Gasteiger partial charge in [-0.05, 0) is 6.42 Å². The van der Waals surface area contributed by atoms with E-state index >= 15 is 0 Å². The number of hydrogen-bond donors (Lipinski definition) is 1. The third-order valence-corrected chi connectivity index (χ3v) is 1.53. The molecule has 0 bridgehead atoms. The van der Waals surface area contributed by atoms with E-state index in [0.29, 0.717) is 10.8 Å². The van der Waals surface area contributed by atoms with Crippen molar-refractivity contribution in [3.05, 3.63) is 0 Å². The summed E-state index contributed by atoms with van der Waals surface area (Å²) in [6.45, 7) is 0.203. The van der Waals surface area contributed by atoms with Gasteiger partial charge in [0.15, 0.2) is 0 Å². The Balaban J connectivity index is 3.14. The molecule has 5 heteroatoms. The van der Waals surface area contributed by atoms with Crippen LogP contribution >= 0.6 is 22.6 Å². The van der Waals surface area contributed by atoms with Crippen LogP contribution in [-0.4, -0.2) is 28.1 Å². The van der Waals surface area contributed by atoms with E-state index < -0.39 is 5.97 Å². The SMILES string of the molecule is O=C(O)CCCOC(=O)CI. The first kappa shape index (κ1) is 10.7. The molecule has 0 rings (SSSR count). The molecule has 0 aliphatic carbocycles. The van der Waals surface area contributed by atoms with Gasteiger partial charge in [0.1, 0.15) is 0 Å². The molecular weight excluding hydrogens is 263 g/mol. The molecule has 11 heavy (non-hydrogen) atoms. The summed E-state index contributed by atoms with van der Waals surface area (Å²) < 4.78 is 4.94. The zero-order chi connectivity index (χ0) is 8.69. The maximum absolute atomic E-state index is 10.5. The zero-order valence-electron chi connectivity index (χ0n) is 5.88. The highest BCUT2D eigenvalue weighted by Crippen LogP contribution is 1.92. The Kier molecular flexibility index (Phi) is 6.19. The predicted octanol–water partition coefficient (Wildman–Crippen LogP) is 0.829. The Morgan fingerprint density at radius 3 is 2.55 bits per heavy atom. The molecular formula is C6H9IO4. The largest absolute Gasteiger partial charge is 0.481 e. The maximum atomic E-state index is 10.5. The number of hydrogen-bond acceptors (Lipinski definition) is 3. The number of carbonyl (C=O) groups excluding carboxylic acids is 1. The quantitative estimate of drug-likeness (QED) is 0.348. The van der Waals surface area contributed by atoms with Crippen molar-refractivity contribution in [2.24, 2.45) is 0 Å². The van der Waals surface area contributed by atoms with Gasteiger partial charge in [0.2, 0.25) is 0 Å². The minimum absolute atomic E-state index is 0.0501. The van der Waals surface area contributed by atoms with Crippen LogP contribution in [0.5, 0.6) is 0 Å². The van der Waals surface area contributed by atoms with E-state index in [1.54, 1.807) is 0 Å². The monoisotopic (exact) mass is 272 g/mol. The van der Waals surface area contributed by atoms with E-state index in [2.05, 4.69) is 4.74 Å². The van der Waals surface area contributed by atoms with E-state index in [0.717, 1.165) is 0 Å². The van der Waals surface area contributed by atoms with Gasteiger partial charge in [-0.1, -0.05) is 22.6 Å². The molecule has 0 radical (unpaired) electrons. The summed E-state index contributed by atoms with van der Waals surface area (Å²) in [4.78, 5) is 20.5. The van der Waals surface area contributed by atoms with Crippen molar-refractivity contribution in [2.75, 3.05) is 11.0 Å². The Labute approximate surface area is 78.1 Å². The van der Waals surface area contributed by atoms with E-state index in [1.807, 2.05) is 22.6 Å². The van der Waals surface area contributed by atoms with Crippen LogP contribution in [0.15, 0.2) is 0 Å². The first-order chi connectivity index (χ1) is 5.16. The van der Waals surface area contributed by atoms with Gasteiger partial charge >= 0.3 is 11.9 Å². The summed E-state index contributed by atoms with van der Waals surface area (Å²) >= 11 is 1.89. The first-order valence-corrected chi connectivity index (χ1v) is 4.62. The molecule has 0 atom stereocenters. The lowest BCUT2D eigenvalue weighted by Crippen LogP contribution is -2.07. The first-order valence-electron chi connectivity index (χ1n) is 3.10. The molecule has 0 aromatic carbocycles. The van der Waals surface area contributed by atoms with E-state index in [-0.39, 0.29) is 19.0 Å². The third kappa shape index (κ3) is 7.57. The van der Waals surface area contributed by atoms with Crippen LogP contribution in [0.1, 0.15) is 12.8 Å². The highest BCUT2D eigenvalue weighted by atomic mass is 127. The maximum Gasteiger partial charge on any atom is 0.315 e. The molecule has 0 unspecified atom stereocenters. The average molecular weight is 272 g/mol. The number of halogens is 1. The molecule has 0 amide bonds. The van der Waals surface area contributed by atoms with Crippen LogP contribution < -0.4 is 0 Å². The summed E-state index contributed by atoms with van der Waals surface area (Å²) in [5.74, 6) is -1.16.